The normalized spacial score (nSPS) is 22.1. The van der Waals surface area contributed by atoms with Crippen molar-refractivity contribution in [3.8, 4) is 5.75 Å². The number of anilines is 1. The van der Waals surface area contributed by atoms with Crippen molar-refractivity contribution in [3.05, 3.63) is 32.7 Å². The smallest absolute Gasteiger partial charge is 0.329 e. The quantitative estimate of drug-likeness (QED) is 0.804. The van der Waals surface area contributed by atoms with Gasteiger partial charge in [0.15, 0.2) is 11.6 Å². The molecule has 1 aliphatic carbocycles. The Kier molecular flexibility index (Phi) is 5.18. The summed E-state index contributed by atoms with van der Waals surface area (Å²) in [5, 5.41) is 0.0426. The summed E-state index contributed by atoms with van der Waals surface area (Å²) in [6.07, 6.45) is 0.412. The van der Waals surface area contributed by atoms with E-state index >= 15 is 0 Å². The van der Waals surface area contributed by atoms with Gasteiger partial charge in [-0.2, -0.15) is 0 Å². The number of alkyl halides is 1. The van der Waals surface area contributed by atoms with Crippen LogP contribution >= 0.6 is 12.4 Å². The molecular formula is C17H21ClF2N4O3. The summed E-state index contributed by atoms with van der Waals surface area (Å²) in [6.45, 7) is 0.381. The van der Waals surface area contributed by atoms with Gasteiger partial charge in [-0.25, -0.2) is 13.6 Å². The summed E-state index contributed by atoms with van der Waals surface area (Å²) >= 11 is 0. The number of aromatic amines is 1. The van der Waals surface area contributed by atoms with Crippen LogP contribution < -0.4 is 26.6 Å². The molecule has 1 aromatic heterocycles. The van der Waals surface area contributed by atoms with E-state index in [4.69, 9.17) is 10.5 Å². The number of methoxy groups -OCH3 is 1. The molecular weight excluding hydrogens is 382 g/mol. The van der Waals surface area contributed by atoms with Crippen molar-refractivity contribution in [2.75, 3.05) is 31.6 Å². The highest BCUT2D eigenvalue weighted by molar-refractivity contribution is 5.91. The molecule has 2 atom stereocenters. The maximum absolute atomic E-state index is 14.9. The van der Waals surface area contributed by atoms with Crippen molar-refractivity contribution in [1.82, 2.24) is 9.55 Å². The summed E-state index contributed by atoms with van der Waals surface area (Å²) in [5.74, 6) is -1.01. The van der Waals surface area contributed by atoms with Crippen LogP contribution in [0.3, 0.4) is 0 Å². The lowest BCUT2D eigenvalue weighted by atomic mass is 10.1. The fourth-order valence-corrected chi connectivity index (χ4v) is 3.75. The van der Waals surface area contributed by atoms with Gasteiger partial charge in [-0.1, -0.05) is 0 Å². The Balaban J connectivity index is 0.00000210. The number of ether oxygens (including phenoxy) is 1. The molecule has 2 fully saturated rings. The summed E-state index contributed by atoms with van der Waals surface area (Å²) < 4.78 is 35.9. The number of benzene rings is 1. The minimum Gasteiger partial charge on any atom is -0.492 e. The first-order valence-corrected chi connectivity index (χ1v) is 8.60. The van der Waals surface area contributed by atoms with Crippen LogP contribution in [0.25, 0.3) is 10.9 Å². The maximum Gasteiger partial charge on any atom is 0.329 e. The molecule has 2 aliphatic rings. The molecule has 0 unspecified atom stereocenters. The molecule has 7 nitrogen and oxygen atoms in total. The third-order valence-corrected chi connectivity index (χ3v) is 5.20. The van der Waals surface area contributed by atoms with Gasteiger partial charge >= 0.3 is 5.69 Å². The average Bonchev–Trinajstić information content (AvgIpc) is 3.36. The van der Waals surface area contributed by atoms with E-state index in [0.29, 0.717) is 0 Å². The number of nitrogens with one attached hydrogen (secondary N) is 1. The van der Waals surface area contributed by atoms with Crippen LogP contribution in [0.1, 0.15) is 18.9 Å². The van der Waals surface area contributed by atoms with Gasteiger partial charge in [0, 0.05) is 25.0 Å². The largest absolute Gasteiger partial charge is 0.492 e. The third-order valence-electron chi connectivity index (χ3n) is 5.20. The van der Waals surface area contributed by atoms with Crippen LogP contribution in [0.15, 0.2) is 15.7 Å². The number of nitrogens with two attached hydrogens (primary N) is 1. The van der Waals surface area contributed by atoms with E-state index in [1.807, 2.05) is 0 Å². The lowest BCUT2D eigenvalue weighted by Crippen LogP contribution is -2.31. The van der Waals surface area contributed by atoms with Crippen molar-refractivity contribution in [1.29, 1.82) is 0 Å². The van der Waals surface area contributed by atoms with Gasteiger partial charge in [-0.3, -0.25) is 14.3 Å². The van der Waals surface area contributed by atoms with E-state index < -0.39 is 29.2 Å². The molecule has 2 heterocycles. The zero-order valence-corrected chi connectivity index (χ0v) is 15.5. The lowest BCUT2D eigenvalue weighted by Gasteiger charge is -2.23. The number of halogens is 3. The van der Waals surface area contributed by atoms with E-state index in [-0.39, 0.29) is 60.4 Å². The number of H-pyrrole nitrogens is 1. The standard InChI is InChI=1S/C17H20F2N4O3.ClH/c1-26-15-13-10(16(24)21-17(25)23(13)9-2-3-9)4-11(18)14(15)22-6-8(5-20)12(19)7-22;/h4,8-9,12H,2-3,5-7,20H2,1H3,(H,21,24,25);1H/t8-,12-;/m0./s1. The second kappa shape index (κ2) is 7.12. The molecule has 4 rings (SSSR count). The number of nitrogens with zero attached hydrogens (tertiary/aromatic N) is 2. The zero-order chi connectivity index (χ0) is 18.6. The van der Waals surface area contributed by atoms with E-state index in [1.54, 1.807) is 4.90 Å². The molecule has 0 radical (unpaired) electrons. The Morgan fingerprint density at radius 2 is 2.04 bits per heavy atom. The van der Waals surface area contributed by atoms with Crippen LogP contribution in [0.5, 0.6) is 5.75 Å². The minimum absolute atomic E-state index is 0. The van der Waals surface area contributed by atoms with Crippen LogP contribution in [-0.2, 0) is 0 Å². The van der Waals surface area contributed by atoms with Crippen molar-refractivity contribution >= 4 is 29.0 Å². The lowest BCUT2D eigenvalue weighted by molar-refractivity contribution is 0.289. The Morgan fingerprint density at radius 3 is 2.59 bits per heavy atom. The molecule has 1 aromatic carbocycles. The fraction of sp³-hybridized carbons (Fsp3) is 0.529. The summed E-state index contributed by atoms with van der Waals surface area (Å²) in [7, 11) is 1.35. The maximum atomic E-state index is 14.9. The second-order valence-corrected chi connectivity index (χ2v) is 6.91. The van der Waals surface area contributed by atoms with Gasteiger partial charge in [0.2, 0.25) is 0 Å². The van der Waals surface area contributed by atoms with Crippen molar-refractivity contribution in [2.24, 2.45) is 11.7 Å². The monoisotopic (exact) mass is 402 g/mol. The molecule has 0 bridgehead atoms. The highest BCUT2D eigenvalue weighted by atomic mass is 35.5. The predicted octanol–water partition coefficient (Wildman–Crippen LogP) is 1.33. The number of rotatable bonds is 4. The first kappa shape index (κ1) is 19.6. The van der Waals surface area contributed by atoms with Gasteiger partial charge in [-0.05, 0) is 25.5 Å². The first-order chi connectivity index (χ1) is 12.5. The molecule has 0 spiro atoms. The summed E-state index contributed by atoms with van der Waals surface area (Å²) in [4.78, 5) is 28.3. The number of hydrogen-bond acceptors (Lipinski definition) is 5. The first-order valence-electron chi connectivity index (χ1n) is 8.60. The van der Waals surface area contributed by atoms with Crippen LogP contribution in [0.4, 0.5) is 14.5 Å². The molecule has 1 aliphatic heterocycles. The minimum atomic E-state index is -1.18. The molecule has 27 heavy (non-hydrogen) atoms. The highest BCUT2D eigenvalue weighted by Gasteiger charge is 2.36. The number of hydrogen-bond donors (Lipinski definition) is 2. The zero-order valence-electron chi connectivity index (χ0n) is 14.7. The topological polar surface area (TPSA) is 93.3 Å². The van der Waals surface area contributed by atoms with E-state index in [1.165, 1.54) is 11.7 Å². The molecule has 2 aromatic rings. The van der Waals surface area contributed by atoms with Crippen LogP contribution in [0.2, 0.25) is 0 Å². The Hall–Kier alpha value is -2.13. The van der Waals surface area contributed by atoms with Gasteiger partial charge in [-0.15, -0.1) is 12.4 Å². The average molecular weight is 403 g/mol. The second-order valence-electron chi connectivity index (χ2n) is 6.91. The third kappa shape index (κ3) is 3.08. The van der Waals surface area contributed by atoms with Crippen LogP contribution in [-0.4, -0.2) is 42.5 Å². The Morgan fingerprint density at radius 1 is 1.33 bits per heavy atom. The van der Waals surface area contributed by atoms with Crippen molar-refractivity contribution in [3.63, 3.8) is 0 Å². The van der Waals surface area contributed by atoms with Gasteiger partial charge < -0.3 is 15.4 Å². The van der Waals surface area contributed by atoms with Gasteiger partial charge in [0.1, 0.15) is 17.4 Å². The predicted molar refractivity (Wildman–Crippen MR) is 101 cm³/mol. The molecule has 0 amide bonds. The molecule has 1 saturated carbocycles. The highest BCUT2D eigenvalue weighted by Crippen LogP contribution is 2.43. The molecule has 10 heteroatoms. The van der Waals surface area contributed by atoms with Crippen LogP contribution in [0, 0.1) is 11.7 Å². The molecule has 1 saturated heterocycles. The Bertz CT molecular complexity index is 989. The van der Waals surface area contributed by atoms with E-state index in [2.05, 4.69) is 4.98 Å². The molecule has 3 N–H and O–H groups in total. The van der Waals surface area contributed by atoms with E-state index in [9.17, 15) is 18.4 Å². The fourth-order valence-electron chi connectivity index (χ4n) is 3.75. The summed E-state index contributed by atoms with van der Waals surface area (Å²) in [5.41, 5.74) is 4.70. The SMILES string of the molecule is COc1c(N2C[C@H](CN)[C@@H](F)C2)c(F)cc2c(=O)[nH]c(=O)n(C3CC3)c12.Cl. The summed E-state index contributed by atoms with van der Waals surface area (Å²) in [6, 6.07) is 1.03. The van der Waals surface area contributed by atoms with Crippen molar-refractivity contribution in [2.45, 2.75) is 25.1 Å². The van der Waals surface area contributed by atoms with Crippen molar-refractivity contribution < 1.29 is 13.5 Å². The Labute approximate surface area is 159 Å². The van der Waals surface area contributed by atoms with Gasteiger partial charge in [0.25, 0.3) is 5.56 Å². The number of aromatic nitrogens is 2. The van der Waals surface area contributed by atoms with Gasteiger partial charge in [0.05, 0.1) is 12.5 Å². The molecule has 148 valence electrons. The number of fused-ring (bicyclic) bond motifs is 1. The van der Waals surface area contributed by atoms with E-state index in [0.717, 1.165) is 18.9 Å².